The third-order valence-electron chi connectivity index (χ3n) is 3.38. The molecule has 0 radical (unpaired) electrons. The normalized spacial score (nSPS) is 11.5. The van der Waals surface area contributed by atoms with E-state index in [1.54, 1.807) is 18.2 Å². The van der Waals surface area contributed by atoms with Crippen molar-refractivity contribution in [1.82, 2.24) is 0 Å². The lowest BCUT2D eigenvalue weighted by Gasteiger charge is -2.10. The molecule has 0 atom stereocenters. The van der Waals surface area contributed by atoms with Crippen molar-refractivity contribution < 1.29 is 27.4 Å². The van der Waals surface area contributed by atoms with Crippen LogP contribution in [-0.2, 0) is 11.0 Å². The zero-order valence-electron chi connectivity index (χ0n) is 13.9. The molecule has 2 aromatic carbocycles. The number of methoxy groups -OCH3 is 2. The van der Waals surface area contributed by atoms with Crippen molar-refractivity contribution in [3.8, 4) is 11.5 Å². The highest BCUT2D eigenvalue weighted by Crippen LogP contribution is 2.35. The first-order valence-electron chi connectivity index (χ1n) is 7.32. The Morgan fingerprint density at radius 3 is 2.35 bits per heavy atom. The second-order valence-electron chi connectivity index (χ2n) is 5.13. The van der Waals surface area contributed by atoms with Crippen LogP contribution in [0.25, 0.3) is 6.08 Å². The van der Waals surface area contributed by atoms with E-state index in [4.69, 9.17) is 21.1 Å². The highest BCUT2D eigenvalue weighted by Gasteiger charge is 2.33. The minimum absolute atomic E-state index is 0.157. The number of hydrogen-bond donors (Lipinski definition) is 1. The van der Waals surface area contributed by atoms with E-state index in [-0.39, 0.29) is 5.69 Å². The number of halogens is 4. The number of carbonyl (C=O) groups excluding carboxylic acids is 1. The van der Waals surface area contributed by atoms with Gasteiger partial charge in [0, 0.05) is 11.8 Å². The third kappa shape index (κ3) is 4.92. The number of carbonyl (C=O) groups is 1. The molecule has 2 rings (SSSR count). The van der Waals surface area contributed by atoms with Gasteiger partial charge in [-0.15, -0.1) is 0 Å². The van der Waals surface area contributed by atoms with Crippen LogP contribution in [0.5, 0.6) is 11.5 Å². The number of ether oxygens (including phenoxy) is 2. The predicted octanol–water partition coefficient (Wildman–Crippen LogP) is 5.03. The zero-order valence-corrected chi connectivity index (χ0v) is 14.6. The Balaban J connectivity index is 2.09. The van der Waals surface area contributed by atoms with E-state index >= 15 is 0 Å². The van der Waals surface area contributed by atoms with Crippen molar-refractivity contribution in [2.75, 3.05) is 19.5 Å². The van der Waals surface area contributed by atoms with Gasteiger partial charge in [-0.3, -0.25) is 4.79 Å². The maximum atomic E-state index is 12.7. The molecule has 0 spiro atoms. The summed E-state index contributed by atoms with van der Waals surface area (Å²) in [6.45, 7) is 0. The van der Waals surface area contributed by atoms with Gasteiger partial charge in [-0.25, -0.2) is 0 Å². The van der Waals surface area contributed by atoms with E-state index in [1.165, 1.54) is 26.4 Å². The number of alkyl halides is 3. The van der Waals surface area contributed by atoms with Crippen LogP contribution in [0.15, 0.2) is 42.5 Å². The Morgan fingerprint density at radius 2 is 1.77 bits per heavy atom. The molecule has 0 aliphatic heterocycles. The van der Waals surface area contributed by atoms with E-state index in [0.29, 0.717) is 17.1 Å². The monoisotopic (exact) mass is 385 g/mol. The van der Waals surface area contributed by atoms with Crippen molar-refractivity contribution in [2.24, 2.45) is 0 Å². The van der Waals surface area contributed by atoms with Gasteiger partial charge < -0.3 is 14.8 Å². The Bertz CT molecular complexity index is 835. The van der Waals surface area contributed by atoms with Gasteiger partial charge in [0.15, 0.2) is 11.5 Å². The minimum Gasteiger partial charge on any atom is -0.493 e. The van der Waals surface area contributed by atoms with Crippen molar-refractivity contribution in [2.45, 2.75) is 6.18 Å². The van der Waals surface area contributed by atoms with Crippen molar-refractivity contribution in [3.05, 3.63) is 58.6 Å². The van der Waals surface area contributed by atoms with Gasteiger partial charge in [-0.05, 0) is 42.0 Å². The smallest absolute Gasteiger partial charge is 0.417 e. The summed E-state index contributed by atoms with van der Waals surface area (Å²) in [5.74, 6) is 0.536. The molecule has 0 aliphatic rings. The predicted molar refractivity (Wildman–Crippen MR) is 93.7 cm³/mol. The Hall–Kier alpha value is -2.67. The molecule has 8 heteroatoms. The van der Waals surface area contributed by atoms with E-state index < -0.39 is 22.7 Å². The summed E-state index contributed by atoms with van der Waals surface area (Å²) in [5, 5.41) is 1.96. The first kappa shape index (κ1) is 19.7. The fourth-order valence-electron chi connectivity index (χ4n) is 2.14. The first-order chi connectivity index (χ1) is 12.2. The SMILES string of the molecule is COc1ccc(/C=C/C(=O)Nc2ccc(C(F)(F)F)c(Cl)c2)cc1OC. The van der Waals surface area contributed by atoms with Crippen molar-refractivity contribution in [3.63, 3.8) is 0 Å². The lowest BCUT2D eigenvalue weighted by molar-refractivity contribution is -0.137. The molecule has 0 bridgehead atoms. The molecule has 0 aliphatic carbocycles. The molecule has 0 fully saturated rings. The van der Waals surface area contributed by atoms with Crippen LogP contribution in [0.4, 0.5) is 18.9 Å². The molecule has 1 N–H and O–H groups in total. The summed E-state index contributed by atoms with van der Waals surface area (Å²) in [7, 11) is 3.00. The minimum atomic E-state index is -4.55. The number of amides is 1. The number of rotatable bonds is 5. The average Bonchev–Trinajstić information content (AvgIpc) is 2.58. The molecule has 0 saturated heterocycles. The van der Waals surface area contributed by atoms with Crippen LogP contribution in [0, 0.1) is 0 Å². The van der Waals surface area contributed by atoms with Gasteiger partial charge in [-0.2, -0.15) is 13.2 Å². The first-order valence-corrected chi connectivity index (χ1v) is 7.70. The summed E-state index contributed by atoms with van der Waals surface area (Å²) in [6, 6.07) is 8.09. The Kier molecular flexibility index (Phi) is 6.15. The van der Waals surface area contributed by atoms with Crippen LogP contribution in [-0.4, -0.2) is 20.1 Å². The van der Waals surface area contributed by atoms with Gasteiger partial charge >= 0.3 is 6.18 Å². The lowest BCUT2D eigenvalue weighted by atomic mass is 10.1. The Labute approximate surface area is 153 Å². The second kappa shape index (κ2) is 8.14. The molecular formula is C18H15ClF3NO3. The number of benzene rings is 2. The number of hydrogen-bond acceptors (Lipinski definition) is 3. The lowest BCUT2D eigenvalue weighted by Crippen LogP contribution is -2.10. The quantitative estimate of drug-likeness (QED) is 0.734. The third-order valence-corrected chi connectivity index (χ3v) is 3.69. The molecular weight excluding hydrogens is 371 g/mol. The highest BCUT2D eigenvalue weighted by atomic mass is 35.5. The summed E-state index contributed by atoms with van der Waals surface area (Å²) in [5.41, 5.74) is -0.119. The molecule has 1 amide bonds. The molecule has 26 heavy (non-hydrogen) atoms. The summed E-state index contributed by atoms with van der Waals surface area (Å²) in [6.07, 6.45) is -1.78. The molecule has 2 aromatic rings. The molecule has 4 nitrogen and oxygen atoms in total. The Morgan fingerprint density at radius 1 is 1.08 bits per heavy atom. The molecule has 0 unspecified atom stereocenters. The summed E-state index contributed by atoms with van der Waals surface area (Å²) >= 11 is 5.62. The maximum Gasteiger partial charge on any atom is 0.417 e. The van der Waals surface area contributed by atoms with Crippen LogP contribution in [0.1, 0.15) is 11.1 Å². The average molecular weight is 386 g/mol. The number of nitrogens with one attached hydrogen (secondary N) is 1. The summed E-state index contributed by atoms with van der Waals surface area (Å²) in [4.78, 5) is 11.9. The van der Waals surface area contributed by atoms with Crippen LogP contribution in [0.2, 0.25) is 5.02 Å². The van der Waals surface area contributed by atoms with Gasteiger partial charge in [0.1, 0.15) is 0 Å². The van der Waals surface area contributed by atoms with Crippen LogP contribution >= 0.6 is 11.6 Å². The van der Waals surface area contributed by atoms with Crippen LogP contribution < -0.4 is 14.8 Å². The fourth-order valence-corrected chi connectivity index (χ4v) is 2.42. The fraction of sp³-hybridized carbons (Fsp3) is 0.167. The highest BCUT2D eigenvalue weighted by molar-refractivity contribution is 6.31. The largest absolute Gasteiger partial charge is 0.493 e. The van der Waals surface area contributed by atoms with Crippen molar-refractivity contribution in [1.29, 1.82) is 0 Å². The molecule has 0 aromatic heterocycles. The van der Waals surface area contributed by atoms with E-state index in [1.807, 2.05) is 0 Å². The van der Waals surface area contributed by atoms with E-state index in [0.717, 1.165) is 18.2 Å². The maximum absolute atomic E-state index is 12.7. The summed E-state index contributed by atoms with van der Waals surface area (Å²) < 4.78 is 48.3. The van der Waals surface area contributed by atoms with Gasteiger partial charge in [-0.1, -0.05) is 17.7 Å². The van der Waals surface area contributed by atoms with Gasteiger partial charge in [0.2, 0.25) is 5.91 Å². The number of anilines is 1. The van der Waals surface area contributed by atoms with E-state index in [2.05, 4.69) is 5.32 Å². The molecule has 0 saturated carbocycles. The molecule has 0 heterocycles. The van der Waals surface area contributed by atoms with Crippen molar-refractivity contribution >= 4 is 29.3 Å². The van der Waals surface area contributed by atoms with Gasteiger partial charge in [0.05, 0.1) is 24.8 Å². The second-order valence-corrected chi connectivity index (χ2v) is 5.54. The topological polar surface area (TPSA) is 47.6 Å². The van der Waals surface area contributed by atoms with E-state index in [9.17, 15) is 18.0 Å². The van der Waals surface area contributed by atoms with Crippen LogP contribution in [0.3, 0.4) is 0 Å². The van der Waals surface area contributed by atoms with Gasteiger partial charge in [0.25, 0.3) is 0 Å². The molecule has 138 valence electrons. The zero-order chi connectivity index (χ0) is 19.3. The standard InChI is InChI=1S/C18H15ClF3NO3/c1-25-15-7-3-11(9-16(15)26-2)4-8-17(24)23-12-5-6-13(14(19)10-12)18(20,21)22/h3-10H,1-2H3,(H,23,24)/b8-4+.